The van der Waals surface area contributed by atoms with Gasteiger partial charge in [-0.15, -0.1) is 0 Å². The molecule has 3 nitrogen and oxygen atoms in total. The van der Waals surface area contributed by atoms with E-state index < -0.39 is 0 Å². The zero-order valence-corrected chi connectivity index (χ0v) is 12.8. The van der Waals surface area contributed by atoms with Gasteiger partial charge in [-0.2, -0.15) is 0 Å². The van der Waals surface area contributed by atoms with Gasteiger partial charge in [-0.05, 0) is 55.3 Å². The molecule has 1 N–H and O–H groups in total. The van der Waals surface area contributed by atoms with E-state index in [1.54, 1.807) is 11.1 Å². The molecule has 21 heavy (non-hydrogen) atoms. The molecule has 3 aliphatic rings. The van der Waals surface area contributed by atoms with Crippen molar-refractivity contribution >= 4 is 0 Å². The highest BCUT2D eigenvalue weighted by Gasteiger charge is 2.36. The van der Waals surface area contributed by atoms with Gasteiger partial charge < -0.3 is 5.11 Å². The molecule has 2 fully saturated rings. The lowest BCUT2D eigenvalue weighted by Gasteiger charge is -2.43. The SMILES string of the molecule is OC[C@H]1CN2CCC[C@H]2CN1Cc1cccc2c1CCC2. The van der Waals surface area contributed by atoms with Gasteiger partial charge in [0.1, 0.15) is 0 Å². The van der Waals surface area contributed by atoms with Gasteiger partial charge in [-0.25, -0.2) is 0 Å². The van der Waals surface area contributed by atoms with Gasteiger partial charge >= 0.3 is 0 Å². The first-order valence-corrected chi connectivity index (χ1v) is 8.54. The molecule has 0 amide bonds. The fourth-order valence-corrected chi connectivity index (χ4v) is 4.58. The summed E-state index contributed by atoms with van der Waals surface area (Å²) in [6.07, 6.45) is 6.48. The van der Waals surface area contributed by atoms with Crippen LogP contribution in [0.3, 0.4) is 0 Å². The summed E-state index contributed by atoms with van der Waals surface area (Å²) in [5.74, 6) is 0. The van der Waals surface area contributed by atoms with E-state index in [4.69, 9.17) is 0 Å². The first-order chi connectivity index (χ1) is 10.3. The lowest BCUT2D eigenvalue weighted by atomic mass is 10.0. The smallest absolute Gasteiger partial charge is 0.0599 e. The largest absolute Gasteiger partial charge is 0.395 e. The van der Waals surface area contributed by atoms with Gasteiger partial charge in [0.15, 0.2) is 0 Å². The van der Waals surface area contributed by atoms with Crippen LogP contribution in [0.25, 0.3) is 0 Å². The van der Waals surface area contributed by atoms with E-state index in [2.05, 4.69) is 28.0 Å². The van der Waals surface area contributed by atoms with Gasteiger partial charge in [-0.1, -0.05) is 18.2 Å². The number of nitrogens with zero attached hydrogens (tertiary/aromatic N) is 2. The average molecular weight is 286 g/mol. The number of benzene rings is 1. The van der Waals surface area contributed by atoms with Crippen LogP contribution in [0.4, 0.5) is 0 Å². The first kappa shape index (κ1) is 13.7. The predicted octanol–water partition coefficient (Wildman–Crippen LogP) is 1.82. The van der Waals surface area contributed by atoms with E-state index in [0.717, 1.165) is 25.7 Å². The zero-order valence-electron chi connectivity index (χ0n) is 12.8. The van der Waals surface area contributed by atoms with E-state index in [0.29, 0.717) is 6.04 Å². The normalized spacial score (nSPS) is 29.6. The summed E-state index contributed by atoms with van der Waals surface area (Å²) < 4.78 is 0. The summed E-state index contributed by atoms with van der Waals surface area (Å²) in [4.78, 5) is 5.13. The second-order valence-corrected chi connectivity index (χ2v) is 6.97. The maximum absolute atomic E-state index is 9.78. The fraction of sp³-hybridized carbons (Fsp3) is 0.667. The van der Waals surface area contributed by atoms with Gasteiger partial charge in [-0.3, -0.25) is 9.80 Å². The number of hydrogen-bond acceptors (Lipinski definition) is 3. The van der Waals surface area contributed by atoms with Crippen molar-refractivity contribution in [1.29, 1.82) is 0 Å². The highest BCUT2D eigenvalue weighted by atomic mass is 16.3. The average Bonchev–Trinajstić information content (AvgIpc) is 3.15. The maximum Gasteiger partial charge on any atom is 0.0599 e. The molecule has 1 aromatic rings. The molecule has 0 bridgehead atoms. The van der Waals surface area contributed by atoms with Gasteiger partial charge in [0.05, 0.1) is 6.61 Å². The molecule has 3 heteroatoms. The van der Waals surface area contributed by atoms with Gasteiger partial charge in [0, 0.05) is 31.7 Å². The number of aryl methyl sites for hydroxylation is 1. The Morgan fingerprint density at radius 3 is 3.00 bits per heavy atom. The Morgan fingerprint density at radius 1 is 1.14 bits per heavy atom. The summed E-state index contributed by atoms with van der Waals surface area (Å²) in [6, 6.07) is 7.87. The molecule has 0 spiro atoms. The fourth-order valence-electron chi connectivity index (χ4n) is 4.58. The highest BCUT2D eigenvalue weighted by Crippen LogP contribution is 2.29. The van der Waals surface area contributed by atoms with Crippen LogP contribution in [0, 0.1) is 0 Å². The Kier molecular flexibility index (Phi) is 3.74. The van der Waals surface area contributed by atoms with Crippen molar-refractivity contribution in [2.75, 3.05) is 26.2 Å². The minimum atomic E-state index is 0.290. The van der Waals surface area contributed by atoms with Crippen LogP contribution in [-0.2, 0) is 19.4 Å². The van der Waals surface area contributed by atoms with Crippen LogP contribution in [0.2, 0.25) is 0 Å². The van der Waals surface area contributed by atoms with Crippen molar-refractivity contribution in [1.82, 2.24) is 9.80 Å². The Hall–Kier alpha value is -0.900. The van der Waals surface area contributed by atoms with Crippen molar-refractivity contribution in [3.8, 4) is 0 Å². The molecule has 2 aliphatic heterocycles. The molecule has 0 radical (unpaired) electrons. The van der Waals surface area contributed by atoms with Crippen molar-refractivity contribution in [2.45, 2.75) is 50.7 Å². The number of hydrogen-bond donors (Lipinski definition) is 1. The van der Waals surface area contributed by atoms with Crippen LogP contribution < -0.4 is 0 Å². The molecule has 4 rings (SSSR count). The Balaban J connectivity index is 1.54. The summed E-state index contributed by atoms with van der Waals surface area (Å²) in [7, 11) is 0. The predicted molar refractivity (Wildman–Crippen MR) is 84.3 cm³/mol. The zero-order chi connectivity index (χ0) is 14.2. The quantitative estimate of drug-likeness (QED) is 0.918. The van der Waals surface area contributed by atoms with Gasteiger partial charge in [0.2, 0.25) is 0 Å². The first-order valence-electron chi connectivity index (χ1n) is 8.54. The van der Waals surface area contributed by atoms with E-state index in [1.165, 1.54) is 44.2 Å². The molecule has 2 atom stereocenters. The molecular formula is C18H26N2O. The van der Waals surface area contributed by atoms with Crippen molar-refractivity contribution in [3.05, 3.63) is 34.9 Å². The third-order valence-corrected chi connectivity index (χ3v) is 5.73. The second-order valence-electron chi connectivity index (χ2n) is 6.97. The third kappa shape index (κ3) is 2.52. The Bertz CT molecular complexity index is 516. The Labute approximate surface area is 127 Å². The standard InChI is InChI=1S/C18H26N2O/c21-13-17-12-19-9-3-7-16(19)11-20(17)10-15-6-1-4-14-5-2-8-18(14)15/h1,4,6,16-17,21H,2-3,5,7-13H2/t16-,17+/m0/s1. The summed E-state index contributed by atoms with van der Waals surface area (Å²) in [5.41, 5.74) is 4.67. The van der Waals surface area contributed by atoms with E-state index in [9.17, 15) is 5.11 Å². The van der Waals surface area contributed by atoms with E-state index >= 15 is 0 Å². The van der Waals surface area contributed by atoms with Crippen LogP contribution >= 0.6 is 0 Å². The molecule has 0 unspecified atom stereocenters. The molecule has 2 saturated heterocycles. The van der Waals surface area contributed by atoms with E-state index in [-0.39, 0.29) is 6.61 Å². The second kappa shape index (κ2) is 5.71. The number of rotatable bonds is 3. The topological polar surface area (TPSA) is 26.7 Å². The van der Waals surface area contributed by atoms with Crippen molar-refractivity contribution < 1.29 is 5.11 Å². The number of aliphatic hydroxyl groups is 1. The minimum Gasteiger partial charge on any atom is -0.395 e. The minimum absolute atomic E-state index is 0.290. The summed E-state index contributed by atoms with van der Waals surface area (Å²) in [6.45, 7) is 4.73. The van der Waals surface area contributed by atoms with Crippen molar-refractivity contribution in [3.63, 3.8) is 0 Å². The summed E-state index contributed by atoms with van der Waals surface area (Å²) >= 11 is 0. The number of aliphatic hydroxyl groups excluding tert-OH is 1. The molecule has 1 aliphatic carbocycles. The van der Waals surface area contributed by atoms with E-state index in [1.807, 2.05) is 0 Å². The molecule has 114 valence electrons. The lowest BCUT2D eigenvalue weighted by molar-refractivity contribution is 0.0169. The van der Waals surface area contributed by atoms with Gasteiger partial charge in [0.25, 0.3) is 0 Å². The third-order valence-electron chi connectivity index (χ3n) is 5.73. The molecule has 0 saturated carbocycles. The maximum atomic E-state index is 9.78. The summed E-state index contributed by atoms with van der Waals surface area (Å²) in [5, 5.41) is 9.78. The highest BCUT2D eigenvalue weighted by molar-refractivity contribution is 5.38. The van der Waals surface area contributed by atoms with Crippen LogP contribution in [0.15, 0.2) is 18.2 Å². The number of fused-ring (bicyclic) bond motifs is 2. The lowest BCUT2D eigenvalue weighted by Crippen LogP contribution is -2.56. The van der Waals surface area contributed by atoms with Crippen LogP contribution in [0.1, 0.15) is 36.0 Å². The Morgan fingerprint density at radius 2 is 2.10 bits per heavy atom. The van der Waals surface area contributed by atoms with Crippen LogP contribution in [-0.4, -0.2) is 53.2 Å². The molecule has 1 aromatic carbocycles. The molecule has 2 heterocycles. The van der Waals surface area contributed by atoms with Crippen LogP contribution in [0.5, 0.6) is 0 Å². The molecular weight excluding hydrogens is 260 g/mol. The monoisotopic (exact) mass is 286 g/mol. The van der Waals surface area contributed by atoms with Crippen molar-refractivity contribution in [2.24, 2.45) is 0 Å². The number of piperazine rings is 1. The molecule has 0 aromatic heterocycles.